The first-order valence-electron chi connectivity index (χ1n) is 9.38. The lowest BCUT2D eigenvalue weighted by Gasteiger charge is -2.34. The number of hydrogen-bond donors (Lipinski definition) is 1. The number of ether oxygens (including phenoxy) is 3. The van der Waals surface area contributed by atoms with Crippen LogP contribution in [0, 0.1) is 23.7 Å². The van der Waals surface area contributed by atoms with Gasteiger partial charge in [-0.1, -0.05) is 18.9 Å². The van der Waals surface area contributed by atoms with E-state index in [4.69, 9.17) is 9.47 Å². The van der Waals surface area contributed by atoms with Gasteiger partial charge < -0.3 is 14.2 Å². The molecule has 1 aliphatic rings. The lowest BCUT2D eigenvalue weighted by Crippen LogP contribution is -2.55. The van der Waals surface area contributed by atoms with Gasteiger partial charge in [0.1, 0.15) is 5.75 Å². The van der Waals surface area contributed by atoms with E-state index in [0.29, 0.717) is 24.2 Å². The molecule has 0 radical (unpaired) electrons. The van der Waals surface area contributed by atoms with Gasteiger partial charge in [-0.25, -0.2) is 9.59 Å². The van der Waals surface area contributed by atoms with Crippen LogP contribution < -0.4 is 10.1 Å². The molecule has 156 valence electrons. The van der Waals surface area contributed by atoms with Crippen LogP contribution in [-0.2, 0) is 20.7 Å². The molecule has 1 N–H and O–H groups in total. The number of fused-ring (bicyclic) bond motifs is 1. The summed E-state index contributed by atoms with van der Waals surface area (Å²) in [5.74, 6) is 5.38. The summed E-state index contributed by atoms with van der Waals surface area (Å²) >= 11 is 0. The number of esters is 1. The molecule has 0 saturated heterocycles. The Bertz CT molecular complexity index is 853. The van der Waals surface area contributed by atoms with E-state index in [-0.39, 0.29) is 24.0 Å². The quantitative estimate of drug-likeness (QED) is 0.582. The molecule has 0 spiro atoms. The molecule has 0 aromatic heterocycles. The van der Waals surface area contributed by atoms with Crippen molar-refractivity contribution in [3.63, 3.8) is 0 Å². The van der Waals surface area contributed by atoms with Crippen LogP contribution in [0.3, 0.4) is 0 Å². The molecular weight excluding hydrogens is 374 g/mol. The van der Waals surface area contributed by atoms with Gasteiger partial charge in [0.15, 0.2) is 5.78 Å². The fraction of sp³-hybridized carbons (Fsp3) is 0.500. The Morgan fingerprint density at radius 2 is 1.97 bits per heavy atom. The van der Waals surface area contributed by atoms with Gasteiger partial charge in [-0.2, -0.15) is 0 Å². The van der Waals surface area contributed by atoms with E-state index in [2.05, 4.69) is 21.9 Å². The van der Waals surface area contributed by atoms with Crippen molar-refractivity contribution in [3.8, 4) is 17.6 Å². The largest absolute Gasteiger partial charge is 0.497 e. The lowest BCUT2D eigenvalue weighted by atomic mass is 9.73. The number of rotatable bonds is 6. The van der Waals surface area contributed by atoms with Crippen molar-refractivity contribution >= 4 is 17.8 Å². The number of hydrogen-bond acceptors (Lipinski definition) is 6. The standard InChI is InChI=1S/C22H27NO6/c1-6-9-22(20(25)28-4,23-21(26)29-5)13-14(2)16-10-15-7-8-17(27-3)12-18(15)19(24)11-16/h7-8,12,14,16H,10-11,13H2,1-5H3,(H,23,26). The zero-order valence-electron chi connectivity index (χ0n) is 17.5. The average Bonchev–Trinajstić information content (AvgIpc) is 2.72. The number of amides is 1. The third-order valence-electron chi connectivity index (χ3n) is 5.35. The first-order chi connectivity index (χ1) is 13.8. The Labute approximate surface area is 171 Å². The third kappa shape index (κ3) is 4.89. The van der Waals surface area contributed by atoms with Gasteiger partial charge in [0.2, 0.25) is 5.54 Å². The normalized spacial score (nSPS) is 18.2. The molecule has 3 atom stereocenters. The molecule has 0 heterocycles. The molecule has 2 rings (SSSR count). The van der Waals surface area contributed by atoms with Crippen molar-refractivity contribution in [1.82, 2.24) is 5.32 Å². The molecule has 1 amide bonds. The SMILES string of the molecule is CC#CC(CC(C)C1CC(=O)c2cc(OC)ccc2C1)(NC(=O)OC)C(=O)OC. The second kappa shape index (κ2) is 9.46. The molecule has 1 aromatic carbocycles. The first-order valence-corrected chi connectivity index (χ1v) is 9.38. The summed E-state index contributed by atoms with van der Waals surface area (Å²) < 4.78 is 14.8. The van der Waals surface area contributed by atoms with E-state index in [0.717, 1.165) is 5.56 Å². The molecule has 29 heavy (non-hydrogen) atoms. The summed E-state index contributed by atoms with van der Waals surface area (Å²) in [7, 11) is 4.02. The second-order valence-corrected chi connectivity index (χ2v) is 7.18. The maximum Gasteiger partial charge on any atom is 0.408 e. The van der Waals surface area contributed by atoms with Crippen LogP contribution in [0.4, 0.5) is 4.79 Å². The van der Waals surface area contributed by atoms with Gasteiger partial charge in [-0.15, -0.1) is 5.92 Å². The van der Waals surface area contributed by atoms with E-state index in [1.807, 2.05) is 19.1 Å². The highest BCUT2D eigenvalue weighted by Crippen LogP contribution is 2.35. The maximum atomic E-state index is 12.7. The molecule has 0 aliphatic heterocycles. The fourth-order valence-electron chi connectivity index (χ4n) is 3.81. The minimum atomic E-state index is -1.54. The molecule has 1 aliphatic carbocycles. The molecule has 0 fully saturated rings. The van der Waals surface area contributed by atoms with E-state index in [9.17, 15) is 14.4 Å². The number of methoxy groups -OCH3 is 3. The summed E-state index contributed by atoms with van der Waals surface area (Å²) in [6, 6.07) is 5.50. The van der Waals surface area contributed by atoms with Crippen LogP contribution in [0.5, 0.6) is 5.75 Å². The topological polar surface area (TPSA) is 90.9 Å². The summed E-state index contributed by atoms with van der Waals surface area (Å²) in [5.41, 5.74) is 0.0809. The Hall–Kier alpha value is -3.01. The summed E-state index contributed by atoms with van der Waals surface area (Å²) in [4.78, 5) is 37.1. The van der Waals surface area contributed by atoms with Crippen LogP contribution >= 0.6 is 0 Å². The average molecular weight is 401 g/mol. The fourth-order valence-corrected chi connectivity index (χ4v) is 3.81. The van der Waals surface area contributed by atoms with Crippen molar-refractivity contribution in [2.45, 2.75) is 38.6 Å². The van der Waals surface area contributed by atoms with Crippen LogP contribution in [-0.4, -0.2) is 44.7 Å². The zero-order chi connectivity index (χ0) is 21.6. The van der Waals surface area contributed by atoms with Crippen molar-refractivity contribution < 1.29 is 28.6 Å². The highest BCUT2D eigenvalue weighted by atomic mass is 16.5. The predicted octanol–water partition coefficient (Wildman–Crippen LogP) is 2.76. The Kier molecular flexibility index (Phi) is 7.27. The third-order valence-corrected chi connectivity index (χ3v) is 5.35. The number of ketones is 1. The van der Waals surface area contributed by atoms with Crippen molar-refractivity contribution in [3.05, 3.63) is 29.3 Å². The summed E-state index contributed by atoms with van der Waals surface area (Å²) in [6.45, 7) is 3.52. The van der Waals surface area contributed by atoms with Gasteiger partial charge in [-0.05, 0) is 49.3 Å². The molecule has 7 nitrogen and oxygen atoms in total. The monoisotopic (exact) mass is 401 g/mol. The van der Waals surface area contributed by atoms with Crippen LogP contribution in [0.25, 0.3) is 0 Å². The van der Waals surface area contributed by atoms with Gasteiger partial charge in [0.25, 0.3) is 0 Å². The predicted molar refractivity (Wildman–Crippen MR) is 107 cm³/mol. The van der Waals surface area contributed by atoms with Crippen LogP contribution in [0.15, 0.2) is 18.2 Å². The van der Waals surface area contributed by atoms with E-state index in [1.54, 1.807) is 20.1 Å². The number of carbonyl (C=O) groups excluding carboxylic acids is 3. The van der Waals surface area contributed by atoms with E-state index >= 15 is 0 Å². The second-order valence-electron chi connectivity index (χ2n) is 7.18. The van der Waals surface area contributed by atoms with Gasteiger partial charge >= 0.3 is 12.1 Å². The summed E-state index contributed by atoms with van der Waals surface area (Å²) in [5, 5.41) is 2.54. The molecule has 0 bridgehead atoms. The highest BCUT2D eigenvalue weighted by molar-refractivity contribution is 5.99. The molecule has 7 heteroatoms. The number of Topliss-reactive ketones (excluding diaryl/α,β-unsaturated/α-hetero) is 1. The molecule has 0 saturated carbocycles. The molecule has 3 unspecified atom stereocenters. The Morgan fingerprint density at radius 3 is 2.55 bits per heavy atom. The van der Waals surface area contributed by atoms with Crippen LogP contribution in [0.1, 0.15) is 42.6 Å². The van der Waals surface area contributed by atoms with Crippen molar-refractivity contribution in [2.24, 2.45) is 11.8 Å². The van der Waals surface area contributed by atoms with E-state index < -0.39 is 17.6 Å². The maximum absolute atomic E-state index is 12.7. The Morgan fingerprint density at radius 1 is 1.24 bits per heavy atom. The Balaban J connectivity index is 2.29. The molecular formula is C22H27NO6. The van der Waals surface area contributed by atoms with Crippen molar-refractivity contribution in [1.29, 1.82) is 0 Å². The number of nitrogens with one attached hydrogen (secondary N) is 1. The van der Waals surface area contributed by atoms with E-state index in [1.165, 1.54) is 14.2 Å². The molecule has 1 aromatic rings. The van der Waals surface area contributed by atoms with Crippen LogP contribution in [0.2, 0.25) is 0 Å². The number of benzene rings is 1. The van der Waals surface area contributed by atoms with Gasteiger partial charge in [-0.3, -0.25) is 10.1 Å². The highest BCUT2D eigenvalue weighted by Gasteiger charge is 2.43. The lowest BCUT2D eigenvalue weighted by molar-refractivity contribution is -0.146. The van der Waals surface area contributed by atoms with Crippen molar-refractivity contribution in [2.75, 3.05) is 21.3 Å². The van der Waals surface area contributed by atoms with Gasteiger partial charge in [0, 0.05) is 12.0 Å². The zero-order valence-corrected chi connectivity index (χ0v) is 17.5. The number of carbonyl (C=O) groups is 3. The van der Waals surface area contributed by atoms with Gasteiger partial charge in [0.05, 0.1) is 21.3 Å². The summed E-state index contributed by atoms with van der Waals surface area (Å²) in [6.07, 6.45) is 0.443. The smallest absolute Gasteiger partial charge is 0.408 e. The first kappa shape index (κ1) is 22.3. The number of alkyl carbamates (subject to hydrolysis) is 1. The minimum Gasteiger partial charge on any atom is -0.497 e. The minimum absolute atomic E-state index is 0.00877.